The second-order valence-electron chi connectivity index (χ2n) is 4.64. The van der Waals surface area contributed by atoms with Gasteiger partial charge in [-0.1, -0.05) is 12.1 Å². The van der Waals surface area contributed by atoms with Gasteiger partial charge in [0.1, 0.15) is 5.69 Å². The van der Waals surface area contributed by atoms with E-state index in [9.17, 15) is 4.79 Å². The molecule has 0 aliphatic heterocycles. The molecule has 0 saturated heterocycles. The Morgan fingerprint density at radius 1 is 1.19 bits per heavy atom. The van der Waals surface area contributed by atoms with Crippen LogP contribution in [0.15, 0.2) is 48.5 Å². The average molecular weight is 276 g/mol. The van der Waals surface area contributed by atoms with Gasteiger partial charge in [-0.15, -0.1) is 0 Å². The maximum atomic E-state index is 12.2. The number of nitrogens with zero attached hydrogens (tertiary/aromatic N) is 1. The van der Waals surface area contributed by atoms with E-state index in [0.29, 0.717) is 22.6 Å². The Morgan fingerprint density at radius 3 is 2.62 bits per heavy atom. The zero-order chi connectivity index (χ0) is 14.8. The quantitative estimate of drug-likeness (QED) is 0.628. The summed E-state index contributed by atoms with van der Waals surface area (Å²) >= 11 is 0. The maximum Gasteiger partial charge on any atom is 0.272 e. The number of hydrogen-bond donors (Lipinski definition) is 3. The van der Waals surface area contributed by atoms with Crippen LogP contribution in [0.2, 0.25) is 0 Å². The molecule has 0 fully saturated rings. The lowest BCUT2D eigenvalue weighted by atomic mass is 10.2. The molecule has 0 unspecified atom stereocenters. The predicted octanol–water partition coefficient (Wildman–Crippen LogP) is 2.87. The van der Waals surface area contributed by atoms with E-state index in [1.807, 2.05) is 18.2 Å². The van der Waals surface area contributed by atoms with Crippen molar-refractivity contribution in [2.45, 2.75) is 0 Å². The minimum Gasteiger partial charge on any atom is -0.397 e. The third kappa shape index (κ3) is 2.42. The molecular weight excluding hydrogens is 264 g/mol. The molecule has 3 rings (SSSR count). The normalized spacial score (nSPS) is 10.2. The number of amides is 1. The van der Waals surface area contributed by atoms with Crippen LogP contribution in [0.1, 0.15) is 16.1 Å². The molecule has 102 valence electrons. The van der Waals surface area contributed by atoms with Gasteiger partial charge < -0.3 is 16.0 Å². The lowest BCUT2D eigenvalue weighted by molar-refractivity contribution is 0.102. The molecule has 1 amide bonds. The number of aromatic amines is 1. The summed E-state index contributed by atoms with van der Waals surface area (Å²) in [7, 11) is 0. The molecule has 0 aliphatic carbocycles. The molecule has 21 heavy (non-hydrogen) atoms. The Balaban J connectivity index is 1.86. The second-order valence-corrected chi connectivity index (χ2v) is 4.64. The first-order chi connectivity index (χ1) is 10.2. The monoisotopic (exact) mass is 276 g/mol. The van der Waals surface area contributed by atoms with E-state index in [1.54, 1.807) is 36.4 Å². The number of fused-ring (bicyclic) bond motifs is 1. The highest BCUT2D eigenvalue weighted by Crippen LogP contribution is 2.21. The van der Waals surface area contributed by atoms with Crippen molar-refractivity contribution >= 4 is 28.2 Å². The van der Waals surface area contributed by atoms with Gasteiger partial charge in [0.2, 0.25) is 0 Å². The Morgan fingerprint density at radius 2 is 1.95 bits per heavy atom. The summed E-state index contributed by atoms with van der Waals surface area (Å²) in [5.74, 6) is -0.254. The van der Waals surface area contributed by atoms with Crippen LogP contribution < -0.4 is 11.1 Å². The Kier molecular flexibility index (Phi) is 3.05. The Labute approximate surface area is 121 Å². The number of hydrogen-bond acceptors (Lipinski definition) is 3. The van der Waals surface area contributed by atoms with Crippen molar-refractivity contribution in [2.24, 2.45) is 0 Å². The summed E-state index contributed by atoms with van der Waals surface area (Å²) in [6.07, 6.45) is 0. The number of nitrogen functional groups attached to an aromatic ring is 1. The van der Waals surface area contributed by atoms with Crippen molar-refractivity contribution in [1.82, 2.24) is 4.98 Å². The smallest absolute Gasteiger partial charge is 0.272 e. The number of carbonyl (C=O) groups is 1. The van der Waals surface area contributed by atoms with Crippen LogP contribution >= 0.6 is 0 Å². The van der Waals surface area contributed by atoms with E-state index < -0.39 is 0 Å². The molecule has 3 aromatic rings. The van der Waals surface area contributed by atoms with Crippen LogP contribution in [0.3, 0.4) is 0 Å². The molecule has 1 aromatic heterocycles. The van der Waals surface area contributed by atoms with Gasteiger partial charge >= 0.3 is 0 Å². The molecule has 0 saturated carbocycles. The number of para-hydroxylation sites is 1. The van der Waals surface area contributed by atoms with Crippen LogP contribution in [0.25, 0.3) is 10.9 Å². The molecule has 0 radical (unpaired) electrons. The fourth-order valence-electron chi connectivity index (χ4n) is 2.13. The first-order valence-electron chi connectivity index (χ1n) is 6.36. The predicted molar refractivity (Wildman–Crippen MR) is 81.8 cm³/mol. The van der Waals surface area contributed by atoms with Crippen molar-refractivity contribution in [3.05, 3.63) is 59.8 Å². The van der Waals surface area contributed by atoms with Crippen molar-refractivity contribution < 1.29 is 4.79 Å². The minimum atomic E-state index is -0.254. The standard InChI is InChI=1S/C16H12N4O/c17-9-10-4-6-12(7-5-10)19-16(21)14-8-11-2-1-3-13(18)15(11)20-14/h1-8,20H,18H2,(H,19,21). The number of anilines is 2. The number of carbonyl (C=O) groups excluding carboxylic acids is 1. The molecule has 4 N–H and O–H groups in total. The highest BCUT2D eigenvalue weighted by molar-refractivity contribution is 6.07. The van der Waals surface area contributed by atoms with E-state index >= 15 is 0 Å². The number of benzene rings is 2. The molecule has 0 spiro atoms. The fraction of sp³-hybridized carbons (Fsp3) is 0. The van der Waals surface area contributed by atoms with Gasteiger partial charge in [-0.05, 0) is 36.4 Å². The fourth-order valence-corrected chi connectivity index (χ4v) is 2.13. The Hall–Kier alpha value is -3.26. The molecule has 5 heteroatoms. The molecule has 1 heterocycles. The third-order valence-corrected chi connectivity index (χ3v) is 3.20. The van der Waals surface area contributed by atoms with Gasteiger partial charge in [-0.3, -0.25) is 4.79 Å². The minimum absolute atomic E-state index is 0.254. The van der Waals surface area contributed by atoms with Gasteiger partial charge in [-0.2, -0.15) is 5.26 Å². The van der Waals surface area contributed by atoms with Gasteiger partial charge in [0.25, 0.3) is 5.91 Å². The molecule has 2 aromatic carbocycles. The zero-order valence-corrected chi connectivity index (χ0v) is 11.1. The first kappa shape index (κ1) is 12.8. The van der Waals surface area contributed by atoms with E-state index in [1.165, 1.54) is 0 Å². The summed E-state index contributed by atoms with van der Waals surface area (Å²) in [6, 6.07) is 16.0. The Bertz CT molecular complexity index is 856. The summed E-state index contributed by atoms with van der Waals surface area (Å²) < 4.78 is 0. The molecule has 0 atom stereocenters. The van der Waals surface area contributed by atoms with Gasteiger partial charge in [0.15, 0.2) is 0 Å². The zero-order valence-electron chi connectivity index (χ0n) is 11.1. The molecule has 5 nitrogen and oxygen atoms in total. The first-order valence-corrected chi connectivity index (χ1v) is 6.36. The van der Waals surface area contributed by atoms with Crippen molar-refractivity contribution in [3.63, 3.8) is 0 Å². The molecular formula is C16H12N4O. The van der Waals surface area contributed by atoms with Crippen molar-refractivity contribution in [1.29, 1.82) is 5.26 Å². The van der Waals surface area contributed by atoms with Crippen LogP contribution in [-0.2, 0) is 0 Å². The van der Waals surface area contributed by atoms with Crippen LogP contribution in [-0.4, -0.2) is 10.9 Å². The van der Waals surface area contributed by atoms with Gasteiger partial charge in [0, 0.05) is 11.1 Å². The maximum absolute atomic E-state index is 12.2. The summed E-state index contributed by atoms with van der Waals surface area (Å²) in [5.41, 5.74) is 8.83. The summed E-state index contributed by atoms with van der Waals surface area (Å²) in [6.45, 7) is 0. The van der Waals surface area contributed by atoms with Crippen molar-refractivity contribution in [2.75, 3.05) is 11.1 Å². The largest absolute Gasteiger partial charge is 0.397 e. The summed E-state index contributed by atoms with van der Waals surface area (Å²) in [4.78, 5) is 15.2. The molecule has 0 aliphatic rings. The second kappa shape index (κ2) is 5.02. The molecule has 0 bridgehead atoms. The van der Waals surface area contributed by atoms with Crippen LogP contribution in [0.5, 0.6) is 0 Å². The number of nitriles is 1. The third-order valence-electron chi connectivity index (χ3n) is 3.20. The van der Waals surface area contributed by atoms with E-state index in [4.69, 9.17) is 11.0 Å². The number of nitrogens with one attached hydrogen (secondary N) is 2. The van der Waals surface area contributed by atoms with E-state index in [2.05, 4.69) is 10.3 Å². The number of nitrogens with two attached hydrogens (primary N) is 1. The van der Waals surface area contributed by atoms with Gasteiger partial charge in [-0.25, -0.2) is 0 Å². The average Bonchev–Trinajstić information content (AvgIpc) is 2.94. The SMILES string of the molecule is N#Cc1ccc(NC(=O)c2cc3cccc(N)c3[nH]2)cc1. The number of rotatable bonds is 2. The number of aromatic nitrogens is 1. The van der Waals surface area contributed by atoms with E-state index in [-0.39, 0.29) is 5.91 Å². The highest BCUT2D eigenvalue weighted by atomic mass is 16.1. The lowest BCUT2D eigenvalue weighted by Gasteiger charge is -2.03. The van der Waals surface area contributed by atoms with Crippen molar-refractivity contribution in [3.8, 4) is 6.07 Å². The van der Waals surface area contributed by atoms with Crippen LogP contribution in [0.4, 0.5) is 11.4 Å². The highest BCUT2D eigenvalue weighted by Gasteiger charge is 2.11. The van der Waals surface area contributed by atoms with Gasteiger partial charge in [0.05, 0.1) is 22.8 Å². The van der Waals surface area contributed by atoms with Crippen LogP contribution in [0, 0.1) is 11.3 Å². The topological polar surface area (TPSA) is 94.7 Å². The van der Waals surface area contributed by atoms with E-state index in [0.717, 1.165) is 10.9 Å². The number of H-pyrrole nitrogens is 1. The summed E-state index contributed by atoms with van der Waals surface area (Å²) in [5, 5.41) is 12.4. The lowest BCUT2D eigenvalue weighted by Crippen LogP contribution is -2.12.